The summed E-state index contributed by atoms with van der Waals surface area (Å²) in [5.41, 5.74) is 2.22. The fraction of sp³-hybridized carbons (Fsp3) is 0.417. The molecule has 1 N–H and O–H groups in total. The number of aryl methyl sites for hydroxylation is 1. The molecular formula is C12H14N4O2. The topological polar surface area (TPSA) is 72.9 Å². The Morgan fingerprint density at radius 3 is 2.72 bits per heavy atom. The van der Waals surface area contributed by atoms with E-state index < -0.39 is 0 Å². The zero-order valence-corrected chi connectivity index (χ0v) is 10.1. The van der Waals surface area contributed by atoms with Crippen molar-refractivity contribution in [1.29, 1.82) is 0 Å². The molecule has 2 aromatic rings. The second-order valence-electron chi connectivity index (χ2n) is 4.57. The molecule has 1 aliphatic carbocycles. The van der Waals surface area contributed by atoms with Crippen LogP contribution in [0.25, 0.3) is 5.69 Å². The predicted molar refractivity (Wildman–Crippen MR) is 64.5 cm³/mol. The molecule has 0 atom stereocenters. The Morgan fingerprint density at radius 2 is 2.17 bits per heavy atom. The summed E-state index contributed by atoms with van der Waals surface area (Å²) in [4.78, 5) is 11.9. The molecule has 0 spiro atoms. The van der Waals surface area contributed by atoms with Crippen LogP contribution in [0.2, 0.25) is 0 Å². The van der Waals surface area contributed by atoms with Crippen molar-refractivity contribution in [1.82, 2.24) is 19.8 Å². The minimum atomic E-state index is -0.308. The summed E-state index contributed by atoms with van der Waals surface area (Å²) in [5.74, 6) is 0.513. The van der Waals surface area contributed by atoms with Crippen LogP contribution in [0.15, 0.2) is 23.0 Å². The van der Waals surface area contributed by atoms with E-state index in [0.29, 0.717) is 11.6 Å². The van der Waals surface area contributed by atoms with Crippen LogP contribution in [0, 0.1) is 0 Å². The highest BCUT2D eigenvalue weighted by atomic mass is 16.3. The van der Waals surface area contributed by atoms with Gasteiger partial charge in [0.05, 0.1) is 12.3 Å². The van der Waals surface area contributed by atoms with Crippen LogP contribution in [0.5, 0.6) is 0 Å². The van der Waals surface area contributed by atoms with Gasteiger partial charge in [0.1, 0.15) is 0 Å². The highest BCUT2D eigenvalue weighted by Gasteiger charge is 2.27. The molecule has 1 fully saturated rings. The number of aliphatic hydroxyl groups is 1. The third-order valence-electron chi connectivity index (χ3n) is 3.31. The van der Waals surface area contributed by atoms with Gasteiger partial charge in [-0.3, -0.25) is 0 Å². The summed E-state index contributed by atoms with van der Waals surface area (Å²) >= 11 is 0. The van der Waals surface area contributed by atoms with Gasteiger partial charge in [-0.1, -0.05) is 12.1 Å². The predicted octanol–water partition coefficient (Wildman–Crippen LogP) is 0.336. The van der Waals surface area contributed by atoms with Crippen molar-refractivity contribution >= 4 is 0 Å². The molecule has 1 aliphatic rings. The molecule has 1 saturated carbocycles. The van der Waals surface area contributed by atoms with E-state index in [1.165, 1.54) is 9.36 Å². The fourth-order valence-corrected chi connectivity index (χ4v) is 2.20. The maximum Gasteiger partial charge on any atom is 0.368 e. The molecule has 0 radical (unpaired) electrons. The molecular weight excluding hydrogens is 232 g/mol. The lowest BCUT2D eigenvalue weighted by Gasteiger charge is -2.10. The van der Waals surface area contributed by atoms with E-state index in [-0.39, 0.29) is 12.3 Å². The van der Waals surface area contributed by atoms with Crippen LogP contribution in [-0.2, 0) is 13.7 Å². The number of aromatic nitrogens is 4. The van der Waals surface area contributed by atoms with Crippen molar-refractivity contribution in [3.8, 4) is 5.69 Å². The van der Waals surface area contributed by atoms with E-state index in [1.807, 2.05) is 12.1 Å². The Balaban J connectivity index is 2.20. The second-order valence-corrected chi connectivity index (χ2v) is 4.57. The lowest BCUT2D eigenvalue weighted by Crippen LogP contribution is -2.23. The Hall–Kier alpha value is -1.95. The number of benzene rings is 1. The molecule has 1 heterocycles. The Morgan fingerprint density at radius 1 is 1.39 bits per heavy atom. The van der Waals surface area contributed by atoms with Gasteiger partial charge in [0.15, 0.2) is 0 Å². The highest BCUT2D eigenvalue weighted by molar-refractivity contribution is 5.47. The molecule has 0 amide bonds. The summed E-state index contributed by atoms with van der Waals surface area (Å²) in [6, 6.07) is 5.69. The molecule has 6 heteroatoms. The van der Waals surface area contributed by atoms with E-state index >= 15 is 0 Å². The van der Waals surface area contributed by atoms with E-state index in [9.17, 15) is 9.90 Å². The van der Waals surface area contributed by atoms with Crippen molar-refractivity contribution in [3.63, 3.8) is 0 Å². The zero-order valence-electron chi connectivity index (χ0n) is 10.1. The van der Waals surface area contributed by atoms with Gasteiger partial charge in [-0.05, 0) is 40.8 Å². The summed E-state index contributed by atoms with van der Waals surface area (Å²) in [6.45, 7) is -0.0922. The van der Waals surface area contributed by atoms with E-state index in [1.54, 1.807) is 13.1 Å². The quantitative estimate of drug-likeness (QED) is 0.847. The zero-order chi connectivity index (χ0) is 12.7. The first-order valence-corrected chi connectivity index (χ1v) is 5.94. The van der Waals surface area contributed by atoms with E-state index in [2.05, 4.69) is 10.4 Å². The van der Waals surface area contributed by atoms with Crippen molar-refractivity contribution in [3.05, 3.63) is 39.8 Å². The number of nitrogens with zero attached hydrogens (tertiary/aromatic N) is 4. The maximum absolute atomic E-state index is 11.9. The SMILES string of the molecule is Cn1nnn(-c2cccc(C3CC3)c2CO)c1=O. The van der Waals surface area contributed by atoms with Crippen LogP contribution >= 0.6 is 0 Å². The first-order valence-electron chi connectivity index (χ1n) is 5.94. The molecule has 3 rings (SSSR count). The minimum Gasteiger partial charge on any atom is -0.392 e. The largest absolute Gasteiger partial charge is 0.392 e. The van der Waals surface area contributed by atoms with Crippen LogP contribution in [0.3, 0.4) is 0 Å². The standard InChI is InChI=1S/C12H14N4O2/c1-15-12(18)16(14-13-15)11-4-2-3-9(8-5-6-8)10(11)7-17/h2-4,8,17H,5-7H2,1H3. The van der Waals surface area contributed by atoms with Crippen LogP contribution in [-0.4, -0.2) is 24.9 Å². The Kier molecular flexibility index (Phi) is 2.52. The maximum atomic E-state index is 11.9. The van der Waals surface area contributed by atoms with Crippen LogP contribution in [0.4, 0.5) is 0 Å². The Labute approximate surface area is 103 Å². The van der Waals surface area contributed by atoms with Gasteiger partial charge in [-0.25, -0.2) is 4.79 Å². The molecule has 0 unspecified atom stereocenters. The average Bonchev–Trinajstić information content (AvgIpc) is 3.17. The number of hydrogen-bond donors (Lipinski definition) is 1. The van der Waals surface area contributed by atoms with Crippen molar-refractivity contribution in [2.24, 2.45) is 7.05 Å². The number of hydrogen-bond acceptors (Lipinski definition) is 4. The summed E-state index contributed by atoms with van der Waals surface area (Å²) in [5, 5.41) is 17.1. The summed E-state index contributed by atoms with van der Waals surface area (Å²) < 4.78 is 2.41. The molecule has 6 nitrogen and oxygen atoms in total. The first-order chi connectivity index (χ1) is 8.72. The first kappa shape index (κ1) is 11.2. The normalized spacial score (nSPS) is 15.0. The van der Waals surface area contributed by atoms with Gasteiger partial charge in [0.25, 0.3) is 0 Å². The highest BCUT2D eigenvalue weighted by Crippen LogP contribution is 2.42. The lowest BCUT2D eigenvalue weighted by molar-refractivity contribution is 0.280. The Bertz CT molecular complexity index is 640. The monoisotopic (exact) mass is 246 g/mol. The molecule has 0 saturated heterocycles. The van der Waals surface area contributed by atoms with Gasteiger partial charge in [0, 0.05) is 12.6 Å². The number of aliphatic hydroxyl groups excluding tert-OH is 1. The fourth-order valence-electron chi connectivity index (χ4n) is 2.20. The average molecular weight is 246 g/mol. The second kappa shape index (κ2) is 4.06. The van der Waals surface area contributed by atoms with Gasteiger partial charge < -0.3 is 5.11 Å². The van der Waals surface area contributed by atoms with Gasteiger partial charge >= 0.3 is 5.69 Å². The van der Waals surface area contributed by atoms with Crippen LogP contribution < -0.4 is 5.69 Å². The third-order valence-corrected chi connectivity index (χ3v) is 3.31. The molecule has 0 aliphatic heterocycles. The molecule has 94 valence electrons. The summed E-state index contributed by atoms with van der Waals surface area (Å²) in [6.07, 6.45) is 2.29. The minimum absolute atomic E-state index is 0.0922. The molecule has 18 heavy (non-hydrogen) atoms. The van der Waals surface area contributed by atoms with Crippen molar-refractivity contribution < 1.29 is 5.11 Å². The van der Waals surface area contributed by atoms with Gasteiger partial charge in [-0.15, -0.1) is 0 Å². The van der Waals surface area contributed by atoms with Gasteiger partial charge in [-0.2, -0.15) is 9.36 Å². The molecule has 1 aromatic heterocycles. The van der Waals surface area contributed by atoms with Gasteiger partial charge in [0.2, 0.25) is 0 Å². The molecule has 0 bridgehead atoms. The van der Waals surface area contributed by atoms with Crippen molar-refractivity contribution in [2.45, 2.75) is 25.4 Å². The van der Waals surface area contributed by atoms with Crippen molar-refractivity contribution in [2.75, 3.05) is 0 Å². The lowest BCUT2D eigenvalue weighted by atomic mass is 10.0. The van der Waals surface area contributed by atoms with E-state index in [4.69, 9.17) is 0 Å². The van der Waals surface area contributed by atoms with E-state index in [0.717, 1.165) is 24.0 Å². The molecule has 1 aromatic carbocycles. The third kappa shape index (κ3) is 1.65. The van der Waals surface area contributed by atoms with Crippen LogP contribution in [0.1, 0.15) is 29.9 Å². The number of rotatable bonds is 3. The smallest absolute Gasteiger partial charge is 0.368 e. The number of tetrazole rings is 1. The summed E-state index contributed by atoms with van der Waals surface area (Å²) in [7, 11) is 1.55.